The van der Waals surface area contributed by atoms with Crippen molar-refractivity contribution in [1.82, 2.24) is 0 Å². The van der Waals surface area contributed by atoms with E-state index in [9.17, 15) is 4.79 Å². The van der Waals surface area contributed by atoms with Crippen molar-refractivity contribution in [2.45, 2.75) is 13.3 Å². The van der Waals surface area contributed by atoms with Crippen LogP contribution in [0.3, 0.4) is 0 Å². The van der Waals surface area contributed by atoms with Crippen LogP contribution < -0.4 is 0 Å². The normalized spacial score (nSPS) is 14.5. The van der Waals surface area contributed by atoms with E-state index < -0.39 is 0 Å². The summed E-state index contributed by atoms with van der Waals surface area (Å²) in [4.78, 5) is 10.9. The Morgan fingerprint density at radius 3 is 2.91 bits per heavy atom. The summed E-state index contributed by atoms with van der Waals surface area (Å²) in [6.45, 7) is 5.11. The first-order chi connectivity index (χ1) is 5.20. The van der Waals surface area contributed by atoms with E-state index in [2.05, 4.69) is 6.58 Å². The van der Waals surface area contributed by atoms with Gasteiger partial charge in [-0.15, -0.1) is 0 Å². The van der Waals surface area contributed by atoms with E-state index in [-0.39, 0.29) is 5.97 Å². The van der Waals surface area contributed by atoms with Crippen LogP contribution in [0, 0.1) is 0 Å². The number of hydrogen-bond acceptors (Lipinski definition) is 2. The standard InChI is InChI=1S/C9H10O2/c1-7(2)9(10)11-8-5-3-4-6-8/h3-5H,1,6H2,2H3. The van der Waals surface area contributed by atoms with E-state index in [0.717, 1.165) is 0 Å². The molecule has 0 aliphatic heterocycles. The second kappa shape index (κ2) is 3.19. The molecule has 2 heteroatoms. The van der Waals surface area contributed by atoms with Gasteiger partial charge in [0, 0.05) is 12.0 Å². The first kappa shape index (κ1) is 7.79. The van der Waals surface area contributed by atoms with Gasteiger partial charge in [0.15, 0.2) is 0 Å². The molecule has 0 fully saturated rings. The summed E-state index contributed by atoms with van der Waals surface area (Å²) in [7, 11) is 0. The molecule has 0 aromatic heterocycles. The highest BCUT2D eigenvalue weighted by atomic mass is 16.5. The summed E-state index contributed by atoms with van der Waals surface area (Å²) in [5, 5.41) is 0. The molecule has 1 rings (SSSR count). The Hall–Kier alpha value is -1.31. The van der Waals surface area contributed by atoms with Crippen molar-refractivity contribution >= 4 is 5.97 Å². The molecule has 1 aliphatic carbocycles. The van der Waals surface area contributed by atoms with E-state index in [0.29, 0.717) is 17.8 Å². The van der Waals surface area contributed by atoms with Crippen LogP contribution in [0.5, 0.6) is 0 Å². The molecule has 0 aromatic carbocycles. The molecule has 0 radical (unpaired) electrons. The number of hydrogen-bond donors (Lipinski definition) is 0. The first-order valence-electron chi connectivity index (χ1n) is 3.43. The van der Waals surface area contributed by atoms with Crippen molar-refractivity contribution in [3.63, 3.8) is 0 Å². The molecular formula is C9H10O2. The summed E-state index contributed by atoms with van der Waals surface area (Å²) in [6.07, 6.45) is 6.28. The largest absolute Gasteiger partial charge is 0.427 e. The van der Waals surface area contributed by atoms with Gasteiger partial charge in [-0.3, -0.25) is 0 Å². The Morgan fingerprint density at radius 2 is 2.45 bits per heavy atom. The summed E-state index contributed by atoms with van der Waals surface area (Å²) >= 11 is 0. The van der Waals surface area contributed by atoms with E-state index in [1.54, 1.807) is 13.0 Å². The third-order valence-electron chi connectivity index (χ3n) is 1.31. The monoisotopic (exact) mass is 150 g/mol. The summed E-state index contributed by atoms with van der Waals surface area (Å²) in [6, 6.07) is 0. The number of carbonyl (C=O) groups excluding carboxylic acids is 1. The molecule has 0 aromatic rings. The minimum atomic E-state index is -0.347. The van der Waals surface area contributed by atoms with Gasteiger partial charge in [0.25, 0.3) is 0 Å². The summed E-state index contributed by atoms with van der Waals surface area (Å²) in [5.41, 5.74) is 0.429. The molecule has 0 bridgehead atoms. The molecule has 1 aliphatic rings. The number of carbonyl (C=O) groups is 1. The third kappa shape index (κ3) is 2.08. The lowest BCUT2D eigenvalue weighted by Crippen LogP contribution is -2.03. The Labute approximate surface area is 65.9 Å². The molecule has 0 spiro atoms. The number of ether oxygens (including phenoxy) is 1. The molecule has 0 unspecified atom stereocenters. The number of rotatable bonds is 2. The van der Waals surface area contributed by atoms with E-state index in [4.69, 9.17) is 4.74 Å². The van der Waals surface area contributed by atoms with Gasteiger partial charge in [0.05, 0.1) is 0 Å². The van der Waals surface area contributed by atoms with Crippen molar-refractivity contribution < 1.29 is 9.53 Å². The SMILES string of the molecule is C=C(C)C(=O)OC1=CC=CC1. The van der Waals surface area contributed by atoms with Crippen LogP contribution in [-0.2, 0) is 9.53 Å². The minimum Gasteiger partial charge on any atom is -0.427 e. The molecule has 11 heavy (non-hydrogen) atoms. The van der Waals surface area contributed by atoms with Gasteiger partial charge >= 0.3 is 5.97 Å². The predicted octanol–water partition coefficient (Wildman–Crippen LogP) is 1.95. The molecule has 58 valence electrons. The van der Waals surface area contributed by atoms with E-state index in [1.165, 1.54) is 0 Å². The topological polar surface area (TPSA) is 26.3 Å². The highest BCUT2D eigenvalue weighted by Crippen LogP contribution is 2.12. The van der Waals surface area contributed by atoms with Crippen molar-refractivity contribution in [1.29, 1.82) is 0 Å². The van der Waals surface area contributed by atoms with Crippen LogP contribution >= 0.6 is 0 Å². The second-order valence-electron chi connectivity index (χ2n) is 2.44. The van der Waals surface area contributed by atoms with Crippen LogP contribution in [0.2, 0.25) is 0 Å². The van der Waals surface area contributed by atoms with Crippen LogP contribution in [0.4, 0.5) is 0 Å². The highest BCUT2D eigenvalue weighted by Gasteiger charge is 2.07. The third-order valence-corrected chi connectivity index (χ3v) is 1.31. The van der Waals surface area contributed by atoms with Crippen LogP contribution in [0.15, 0.2) is 36.1 Å². The van der Waals surface area contributed by atoms with Gasteiger partial charge < -0.3 is 4.74 Å². The Balaban J connectivity index is 2.44. The van der Waals surface area contributed by atoms with Crippen molar-refractivity contribution in [2.24, 2.45) is 0 Å². The van der Waals surface area contributed by atoms with Crippen LogP contribution in [0.1, 0.15) is 13.3 Å². The molecule has 0 saturated carbocycles. The lowest BCUT2D eigenvalue weighted by molar-refractivity contribution is -0.134. The Morgan fingerprint density at radius 1 is 1.73 bits per heavy atom. The maximum atomic E-state index is 10.9. The zero-order chi connectivity index (χ0) is 8.27. The Bertz CT molecular complexity index is 246. The fourth-order valence-corrected chi connectivity index (χ4v) is 0.709. The van der Waals surface area contributed by atoms with Crippen LogP contribution in [0.25, 0.3) is 0 Å². The maximum Gasteiger partial charge on any atom is 0.338 e. The maximum absolute atomic E-state index is 10.9. The smallest absolute Gasteiger partial charge is 0.338 e. The molecule has 0 amide bonds. The van der Waals surface area contributed by atoms with Crippen molar-refractivity contribution in [2.75, 3.05) is 0 Å². The van der Waals surface area contributed by atoms with Gasteiger partial charge in [-0.05, 0) is 13.0 Å². The van der Waals surface area contributed by atoms with Crippen molar-refractivity contribution in [3.8, 4) is 0 Å². The van der Waals surface area contributed by atoms with E-state index >= 15 is 0 Å². The average Bonchev–Trinajstić information content (AvgIpc) is 2.39. The molecule has 0 saturated heterocycles. The van der Waals surface area contributed by atoms with Crippen molar-refractivity contribution in [3.05, 3.63) is 36.1 Å². The van der Waals surface area contributed by atoms with E-state index in [1.807, 2.05) is 12.2 Å². The molecule has 0 atom stereocenters. The average molecular weight is 150 g/mol. The Kier molecular flexibility index (Phi) is 2.26. The molecular weight excluding hydrogens is 140 g/mol. The molecule has 2 nitrogen and oxygen atoms in total. The highest BCUT2D eigenvalue weighted by molar-refractivity contribution is 5.87. The molecule has 0 N–H and O–H groups in total. The number of allylic oxidation sites excluding steroid dienone is 3. The predicted molar refractivity (Wildman–Crippen MR) is 42.7 cm³/mol. The van der Waals surface area contributed by atoms with Gasteiger partial charge in [-0.25, -0.2) is 4.79 Å². The minimum absolute atomic E-state index is 0.347. The first-order valence-corrected chi connectivity index (χ1v) is 3.43. The molecule has 0 heterocycles. The zero-order valence-corrected chi connectivity index (χ0v) is 6.46. The lowest BCUT2D eigenvalue weighted by atomic mass is 10.3. The van der Waals surface area contributed by atoms with Gasteiger partial charge in [-0.1, -0.05) is 18.7 Å². The summed E-state index contributed by atoms with van der Waals surface area (Å²) in [5.74, 6) is 0.345. The zero-order valence-electron chi connectivity index (χ0n) is 6.46. The van der Waals surface area contributed by atoms with Crippen LogP contribution in [-0.4, -0.2) is 5.97 Å². The summed E-state index contributed by atoms with van der Waals surface area (Å²) < 4.78 is 4.93. The van der Waals surface area contributed by atoms with Gasteiger partial charge in [-0.2, -0.15) is 0 Å². The lowest BCUT2D eigenvalue weighted by Gasteiger charge is -2.02. The quantitative estimate of drug-likeness (QED) is 0.444. The second-order valence-corrected chi connectivity index (χ2v) is 2.44. The number of esters is 1. The van der Waals surface area contributed by atoms with Gasteiger partial charge in [0.2, 0.25) is 0 Å². The fourth-order valence-electron chi connectivity index (χ4n) is 0.709. The van der Waals surface area contributed by atoms with Gasteiger partial charge in [0.1, 0.15) is 5.76 Å². The fraction of sp³-hybridized carbons (Fsp3) is 0.222.